The molecule has 0 aliphatic carbocycles. The Hall–Kier alpha value is -1.89. The van der Waals surface area contributed by atoms with Gasteiger partial charge in [0, 0.05) is 23.6 Å². The molecule has 0 fully saturated rings. The number of aromatic nitrogens is 4. The van der Waals surface area contributed by atoms with Crippen molar-refractivity contribution in [1.29, 1.82) is 0 Å². The monoisotopic (exact) mass is 379 g/mol. The van der Waals surface area contributed by atoms with Crippen molar-refractivity contribution < 1.29 is 4.74 Å². The molecular weight excluding hydrogens is 361 g/mol. The molecule has 6 nitrogen and oxygen atoms in total. The lowest BCUT2D eigenvalue weighted by Gasteiger charge is -2.13. The summed E-state index contributed by atoms with van der Waals surface area (Å²) in [6.45, 7) is 4.59. The normalized spacial score (nSPS) is 12.5. The van der Waals surface area contributed by atoms with Crippen molar-refractivity contribution >= 4 is 40.5 Å². The average molecular weight is 380 g/mol. The van der Waals surface area contributed by atoms with E-state index >= 15 is 0 Å². The van der Waals surface area contributed by atoms with Crippen LogP contribution < -0.4 is 5.32 Å². The number of methoxy groups -OCH3 is 1. The van der Waals surface area contributed by atoms with Crippen LogP contribution in [0.1, 0.15) is 30.7 Å². The lowest BCUT2D eigenvalue weighted by molar-refractivity contribution is 0.178. The second-order valence-electron chi connectivity index (χ2n) is 5.74. The van der Waals surface area contributed by atoms with Crippen LogP contribution in [-0.4, -0.2) is 33.3 Å². The van der Waals surface area contributed by atoms with Gasteiger partial charge in [-0.05, 0) is 31.5 Å². The first kappa shape index (κ1) is 17.9. The zero-order valence-corrected chi connectivity index (χ0v) is 15.8. The minimum absolute atomic E-state index is 0.226. The smallest absolute Gasteiger partial charge is 0.232 e. The van der Waals surface area contributed by atoms with Crippen LogP contribution in [0.4, 0.5) is 11.6 Å². The molecule has 0 saturated heterocycles. The quantitative estimate of drug-likeness (QED) is 0.676. The predicted octanol–water partition coefficient (Wildman–Crippen LogP) is 4.62. The SMILES string of the molecule is CCC(COC)c1cnn2c(Nc3ccc(Cl)cc3Cl)nc(C)nc12. The van der Waals surface area contributed by atoms with Gasteiger partial charge in [-0.15, -0.1) is 0 Å². The Labute approximate surface area is 156 Å². The van der Waals surface area contributed by atoms with Crippen LogP contribution in [0.25, 0.3) is 5.65 Å². The van der Waals surface area contributed by atoms with Crippen LogP contribution in [0.15, 0.2) is 24.4 Å². The molecule has 132 valence electrons. The number of nitrogens with one attached hydrogen (secondary N) is 1. The van der Waals surface area contributed by atoms with Crippen LogP contribution in [0.3, 0.4) is 0 Å². The van der Waals surface area contributed by atoms with Gasteiger partial charge in [-0.1, -0.05) is 30.1 Å². The Morgan fingerprint density at radius 3 is 2.76 bits per heavy atom. The highest BCUT2D eigenvalue weighted by Gasteiger charge is 2.19. The van der Waals surface area contributed by atoms with Crippen LogP contribution in [0, 0.1) is 6.92 Å². The summed E-state index contributed by atoms with van der Waals surface area (Å²) in [5.41, 5.74) is 2.51. The fourth-order valence-electron chi connectivity index (χ4n) is 2.71. The summed E-state index contributed by atoms with van der Waals surface area (Å²) in [5.74, 6) is 1.42. The summed E-state index contributed by atoms with van der Waals surface area (Å²) in [4.78, 5) is 9.03. The summed E-state index contributed by atoms with van der Waals surface area (Å²) >= 11 is 12.2. The Bertz CT molecular complexity index is 896. The molecule has 1 N–H and O–H groups in total. The van der Waals surface area contributed by atoms with Crippen LogP contribution in [0.2, 0.25) is 10.0 Å². The molecule has 0 bridgehead atoms. The molecule has 3 rings (SSSR count). The third-order valence-corrected chi connectivity index (χ3v) is 4.53. The van der Waals surface area contributed by atoms with E-state index in [9.17, 15) is 0 Å². The number of fused-ring (bicyclic) bond motifs is 1. The van der Waals surface area contributed by atoms with Gasteiger partial charge in [0.25, 0.3) is 0 Å². The molecule has 0 saturated carbocycles. The van der Waals surface area contributed by atoms with Crippen molar-refractivity contribution in [3.8, 4) is 0 Å². The number of benzene rings is 1. The Morgan fingerprint density at radius 1 is 1.28 bits per heavy atom. The maximum absolute atomic E-state index is 6.25. The van der Waals surface area contributed by atoms with Gasteiger partial charge >= 0.3 is 0 Å². The van der Waals surface area contributed by atoms with E-state index in [1.165, 1.54) is 0 Å². The summed E-state index contributed by atoms with van der Waals surface area (Å²) in [5, 5.41) is 8.76. The molecule has 25 heavy (non-hydrogen) atoms. The second kappa shape index (κ2) is 7.56. The van der Waals surface area contributed by atoms with E-state index in [0.717, 1.165) is 17.6 Å². The minimum Gasteiger partial charge on any atom is -0.384 e. The zero-order valence-electron chi connectivity index (χ0n) is 14.3. The van der Waals surface area contributed by atoms with Gasteiger partial charge in [0.15, 0.2) is 5.65 Å². The minimum atomic E-state index is 0.226. The Morgan fingerprint density at radius 2 is 2.08 bits per heavy atom. The molecule has 8 heteroatoms. The first-order chi connectivity index (χ1) is 12.0. The number of anilines is 2. The van der Waals surface area contributed by atoms with E-state index in [-0.39, 0.29) is 5.92 Å². The van der Waals surface area contributed by atoms with Gasteiger partial charge in [-0.2, -0.15) is 14.6 Å². The lowest BCUT2D eigenvalue weighted by Crippen LogP contribution is -2.09. The van der Waals surface area contributed by atoms with Crippen molar-refractivity contribution in [2.24, 2.45) is 0 Å². The van der Waals surface area contributed by atoms with Crippen LogP contribution in [0.5, 0.6) is 0 Å². The van der Waals surface area contributed by atoms with E-state index in [1.54, 1.807) is 29.8 Å². The molecular formula is C17H19Cl2N5O. The van der Waals surface area contributed by atoms with Crippen molar-refractivity contribution in [3.05, 3.63) is 45.8 Å². The molecule has 1 unspecified atom stereocenters. The third kappa shape index (κ3) is 3.71. The van der Waals surface area contributed by atoms with Crippen molar-refractivity contribution in [2.75, 3.05) is 19.0 Å². The summed E-state index contributed by atoms with van der Waals surface area (Å²) in [6.07, 6.45) is 2.76. The van der Waals surface area contributed by atoms with Crippen molar-refractivity contribution in [1.82, 2.24) is 19.6 Å². The zero-order chi connectivity index (χ0) is 18.0. The molecule has 2 heterocycles. The number of hydrogen-bond acceptors (Lipinski definition) is 5. The molecule has 0 aliphatic heterocycles. The first-order valence-corrected chi connectivity index (χ1v) is 8.72. The van der Waals surface area contributed by atoms with Crippen molar-refractivity contribution in [3.63, 3.8) is 0 Å². The molecule has 3 aromatic rings. The maximum atomic E-state index is 6.25. The first-order valence-electron chi connectivity index (χ1n) is 7.96. The molecule has 1 atom stereocenters. The highest BCUT2D eigenvalue weighted by atomic mass is 35.5. The third-order valence-electron chi connectivity index (χ3n) is 3.99. The average Bonchev–Trinajstić information content (AvgIpc) is 2.99. The molecule has 0 amide bonds. The number of hydrogen-bond donors (Lipinski definition) is 1. The molecule has 2 aromatic heterocycles. The lowest BCUT2D eigenvalue weighted by atomic mass is 10.0. The number of rotatable bonds is 6. The summed E-state index contributed by atoms with van der Waals surface area (Å²) < 4.78 is 7.01. The van der Waals surface area contributed by atoms with Gasteiger partial charge in [0.05, 0.1) is 23.5 Å². The van der Waals surface area contributed by atoms with Gasteiger partial charge in [0.1, 0.15) is 5.82 Å². The van der Waals surface area contributed by atoms with Gasteiger partial charge in [-0.25, -0.2) is 4.98 Å². The van der Waals surface area contributed by atoms with E-state index in [4.69, 9.17) is 27.9 Å². The standard InChI is InChI=1S/C17H19Cl2N5O/c1-4-11(9-25-3)13-8-20-24-16(13)21-10(2)22-17(24)23-15-6-5-12(18)7-14(15)19/h5-8,11H,4,9H2,1-3H3,(H,21,22,23). The summed E-state index contributed by atoms with van der Waals surface area (Å²) in [7, 11) is 1.70. The largest absolute Gasteiger partial charge is 0.384 e. The number of ether oxygens (including phenoxy) is 1. The maximum Gasteiger partial charge on any atom is 0.232 e. The van der Waals surface area contributed by atoms with Gasteiger partial charge in [-0.3, -0.25) is 0 Å². The van der Waals surface area contributed by atoms with Gasteiger partial charge < -0.3 is 10.1 Å². The molecule has 0 spiro atoms. The highest BCUT2D eigenvalue weighted by Crippen LogP contribution is 2.29. The number of aryl methyl sites for hydroxylation is 1. The van der Waals surface area contributed by atoms with Crippen LogP contribution >= 0.6 is 23.2 Å². The molecule has 1 aromatic carbocycles. The van der Waals surface area contributed by atoms with Crippen LogP contribution in [-0.2, 0) is 4.74 Å². The van der Waals surface area contributed by atoms with E-state index in [0.29, 0.717) is 34.1 Å². The number of halogens is 2. The predicted molar refractivity (Wildman–Crippen MR) is 100 cm³/mol. The van der Waals surface area contributed by atoms with E-state index in [1.807, 2.05) is 13.1 Å². The van der Waals surface area contributed by atoms with Crippen molar-refractivity contribution in [2.45, 2.75) is 26.2 Å². The van der Waals surface area contributed by atoms with E-state index in [2.05, 4.69) is 27.3 Å². The van der Waals surface area contributed by atoms with Gasteiger partial charge in [0.2, 0.25) is 5.95 Å². The second-order valence-corrected chi connectivity index (χ2v) is 6.58. The number of nitrogens with zero attached hydrogens (tertiary/aromatic N) is 4. The fraction of sp³-hybridized carbons (Fsp3) is 0.353. The fourth-order valence-corrected chi connectivity index (χ4v) is 3.17. The summed E-state index contributed by atoms with van der Waals surface area (Å²) in [6, 6.07) is 5.25. The van der Waals surface area contributed by atoms with E-state index < -0.39 is 0 Å². The Kier molecular flexibility index (Phi) is 5.42. The Balaban J connectivity index is 2.05. The topological polar surface area (TPSA) is 64.3 Å². The molecule has 0 radical (unpaired) electrons. The molecule has 0 aliphatic rings. The highest BCUT2D eigenvalue weighted by molar-refractivity contribution is 6.36.